The first-order valence-electron chi connectivity index (χ1n) is 6.46. The van der Waals surface area contributed by atoms with Gasteiger partial charge in [0.1, 0.15) is 6.04 Å². The minimum absolute atomic E-state index is 0.435. The Morgan fingerprint density at radius 3 is 2.56 bits per heavy atom. The molecule has 6 nitrogen and oxygen atoms in total. The maximum atomic E-state index is 11.4. The van der Waals surface area contributed by atoms with Crippen LogP contribution in [0.2, 0.25) is 0 Å². The van der Waals surface area contributed by atoms with Crippen molar-refractivity contribution in [2.75, 3.05) is 19.8 Å². The second kappa shape index (κ2) is 10.8. The average Bonchev–Trinajstić information content (AvgIpc) is 2.33. The number of carbonyl (C=O) groups excluding carboxylic acids is 1. The lowest BCUT2D eigenvalue weighted by Crippen LogP contribution is -2.46. The van der Waals surface area contributed by atoms with Gasteiger partial charge in [0.25, 0.3) is 0 Å². The van der Waals surface area contributed by atoms with Crippen LogP contribution >= 0.6 is 0 Å². The first kappa shape index (κ1) is 16.7. The number of hydrogen-bond acceptors (Lipinski definition) is 3. The second-order valence-corrected chi connectivity index (χ2v) is 3.98. The van der Waals surface area contributed by atoms with E-state index in [1.54, 1.807) is 0 Å². The van der Waals surface area contributed by atoms with E-state index in [0.717, 1.165) is 12.8 Å². The number of unbranched alkanes of at least 4 members (excludes halogenated alkanes) is 1. The van der Waals surface area contributed by atoms with Gasteiger partial charge in [-0.15, -0.1) is 0 Å². The lowest BCUT2D eigenvalue weighted by molar-refractivity contribution is -0.139. The van der Waals surface area contributed by atoms with Gasteiger partial charge in [0.15, 0.2) is 0 Å². The van der Waals surface area contributed by atoms with Crippen molar-refractivity contribution in [1.29, 1.82) is 0 Å². The zero-order chi connectivity index (χ0) is 13.8. The number of rotatable bonds is 10. The molecule has 6 heteroatoms. The SMILES string of the molecule is CCCCC(NC(=O)NCCCOCC)C(=O)O. The van der Waals surface area contributed by atoms with Gasteiger partial charge in [-0.05, 0) is 19.8 Å². The van der Waals surface area contributed by atoms with Crippen LogP contribution in [0.3, 0.4) is 0 Å². The Morgan fingerprint density at radius 2 is 2.00 bits per heavy atom. The summed E-state index contributed by atoms with van der Waals surface area (Å²) in [6, 6.07) is -1.24. The number of urea groups is 1. The van der Waals surface area contributed by atoms with Gasteiger partial charge in [0.05, 0.1) is 0 Å². The summed E-state index contributed by atoms with van der Waals surface area (Å²) in [5, 5.41) is 14.0. The number of aliphatic carboxylic acids is 1. The molecule has 0 aliphatic rings. The van der Waals surface area contributed by atoms with Crippen LogP contribution in [-0.4, -0.2) is 42.9 Å². The summed E-state index contributed by atoms with van der Waals surface area (Å²) in [7, 11) is 0. The van der Waals surface area contributed by atoms with Crippen LogP contribution in [0, 0.1) is 0 Å². The van der Waals surface area contributed by atoms with E-state index in [1.165, 1.54) is 0 Å². The molecular formula is C12H24N2O4. The number of amides is 2. The molecule has 0 radical (unpaired) electrons. The molecule has 106 valence electrons. The summed E-state index contributed by atoms with van der Waals surface area (Å²) in [5.74, 6) is -0.993. The molecule has 0 saturated carbocycles. The number of nitrogens with one attached hydrogen (secondary N) is 2. The number of ether oxygens (including phenoxy) is 1. The van der Waals surface area contributed by atoms with E-state index < -0.39 is 18.0 Å². The van der Waals surface area contributed by atoms with Crippen LogP contribution in [0.15, 0.2) is 0 Å². The molecule has 0 spiro atoms. The van der Waals surface area contributed by atoms with E-state index >= 15 is 0 Å². The number of carboxylic acid groups (broad SMARTS) is 1. The molecule has 18 heavy (non-hydrogen) atoms. The zero-order valence-corrected chi connectivity index (χ0v) is 11.2. The smallest absolute Gasteiger partial charge is 0.326 e. The van der Waals surface area contributed by atoms with Crippen LogP contribution in [0.5, 0.6) is 0 Å². The van der Waals surface area contributed by atoms with Crippen molar-refractivity contribution in [2.24, 2.45) is 0 Å². The Bertz CT molecular complexity index is 246. The molecule has 0 aromatic heterocycles. The minimum Gasteiger partial charge on any atom is -0.480 e. The van der Waals surface area contributed by atoms with Gasteiger partial charge in [-0.1, -0.05) is 19.8 Å². The molecule has 0 aromatic carbocycles. The van der Waals surface area contributed by atoms with E-state index in [1.807, 2.05) is 13.8 Å². The van der Waals surface area contributed by atoms with Crippen molar-refractivity contribution >= 4 is 12.0 Å². The van der Waals surface area contributed by atoms with Crippen molar-refractivity contribution in [2.45, 2.75) is 45.6 Å². The lowest BCUT2D eigenvalue weighted by Gasteiger charge is -2.14. The molecule has 0 fully saturated rings. The molecule has 0 aliphatic heterocycles. The summed E-state index contributed by atoms with van der Waals surface area (Å²) in [4.78, 5) is 22.3. The van der Waals surface area contributed by atoms with Gasteiger partial charge < -0.3 is 20.5 Å². The number of carbonyl (C=O) groups is 2. The Morgan fingerprint density at radius 1 is 1.28 bits per heavy atom. The van der Waals surface area contributed by atoms with Crippen molar-refractivity contribution in [3.05, 3.63) is 0 Å². The topological polar surface area (TPSA) is 87.7 Å². The summed E-state index contributed by atoms with van der Waals surface area (Å²) >= 11 is 0. The fourth-order valence-electron chi connectivity index (χ4n) is 1.40. The highest BCUT2D eigenvalue weighted by molar-refractivity contribution is 5.82. The van der Waals surface area contributed by atoms with Gasteiger partial charge >= 0.3 is 12.0 Å². The highest BCUT2D eigenvalue weighted by Gasteiger charge is 2.18. The Balaban J connectivity index is 3.77. The first-order chi connectivity index (χ1) is 8.61. The maximum Gasteiger partial charge on any atom is 0.326 e. The monoisotopic (exact) mass is 260 g/mol. The van der Waals surface area contributed by atoms with Crippen molar-refractivity contribution in [1.82, 2.24) is 10.6 Å². The van der Waals surface area contributed by atoms with Gasteiger partial charge in [-0.2, -0.15) is 0 Å². The Hall–Kier alpha value is -1.30. The summed E-state index contributed by atoms with van der Waals surface area (Å²) < 4.78 is 5.12. The molecule has 0 bridgehead atoms. The largest absolute Gasteiger partial charge is 0.480 e. The molecule has 0 aliphatic carbocycles. The molecule has 2 amide bonds. The second-order valence-electron chi connectivity index (χ2n) is 3.98. The van der Waals surface area contributed by atoms with Crippen molar-refractivity contribution in [3.63, 3.8) is 0 Å². The third-order valence-electron chi connectivity index (χ3n) is 2.40. The summed E-state index contributed by atoms with van der Waals surface area (Å²) in [6.45, 7) is 5.61. The van der Waals surface area contributed by atoms with Gasteiger partial charge in [-0.25, -0.2) is 9.59 Å². The van der Waals surface area contributed by atoms with Gasteiger partial charge in [-0.3, -0.25) is 0 Å². The van der Waals surface area contributed by atoms with E-state index in [4.69, 9.17) is 9.84 Å². The summed E-state index contributed by atoms with van der Waals surface area (Å²) in [5.41, 5.74) is 0. The van der Waals surface area contributed by atoms with E-state index in [-0.39, 0.29) is 0 Å². The van der Waals surface area contributed by atoms with E-state index in [9.17, 15) is 9.59 Å². The highest BCUT2D eigenvalue weighted by Crippen LogP contribution is 2.00. The third-order valence-corrected chi connectivity index (χ3v) is 2.40. The molecule has 1 atom stereocenters. The van der Waals surface area contributed by atoms with Crippen LogP contribution in [0.25, 0.3) is 0 Å². The normalized spacial score (nSPS) is 11.9. The number of carboxylic acids is 1. The molecular weight excluding hydrogens is 236 g/mol. The molecule has 0 aromatic rings. The van der Waals surface area contributed by atoms with Crippen molar-refractivity contribution < 1.29 is 19.4 Å². The van der Waals surface area contributed by atoms with Crippen molar-refractivity contribution in [3.8, 4) is 0 Å². The molecule has 0 rings (SSSR count). The third kappa shape index (κ3) is 8.81. The molecule has 3 N–H and O–H groups in total. The highest BCUT2D eigenvalue weighted by atomic mass is 16.5. The van der Waals surface area contributed by atoms with Crippen LogP contribution in [0.4, 0.5) is 4.79 Å². The summed E-state index contributed by atoms with van der Waals surface area (Å²) in [6.07, 6.45) is 2.86. The predicted octanol–water partition coefficient (Wildman–Crippen LogP) is 1.36. The maximum absolute atomic E-state index is 11.4. The van der Waals surface area contributed by atoms with Gasteiger partial charge in [0.2, 0.25) is 0 Å². The Kier molecular flexibility index (Phi) is 10.0. The minimum atomic E-state index is -0.993. The van der Waals surface area contributed by atoms with Crippen LogP contribution in [-0.2, 0) is 9.53 Å². The number of hydrogen-bond donors (Lipinski definition) is 3. The van der Waals surface area contributed by atoms with Gasteiger partial charge in [0, 0.05) is 19.8 Å². The van der Waals surface area contributed by atoms with Crippen LogP contribution < -0.4 is 10.6 Å². The molecule has 0 heterocycles. The standard InChI is InChI=1S/C12H24N2O4/c1-3-5-7-10(11(15)16)14-12(17)13-8-6-9-18-4-2/h10H,3-9H2,1-2H3,(H,15,16)(H2,13,14,17). The van der Waals surface area contributed by atoms with E-state index in [0.29, 0.717) is 32.6 Å². The lowest BCUT2D eigenvalue weighted by atomic mass is 10.1. The van der Waals surface area contributed by atoms with E-state index in [2.05, 4.69) is 10.6 Å². The molecule has 1 unspecified atom stereocenters. The fourth-order valence-corrected chi connectivity index (χ4v) is 1.40. The van der Waals surface area contributed by atoms with Crippen LogP contribution in [0.1, 0.15) is 39.5 Å². The average molecular weight is 260 g/mol. The zero-order valence-electron chi connectivity index (χ0n) is 11.2. The fraction of sp³-hybridized carbons (Fsp3) is 0.833. The first-order valence-corrected chi connectivity index (χ1v) is 6.46. The molecule has 0 saturated heterocycles. The quantitative estimate of drug-likeness (QED) is 0.517. The Labute approximate surface area is 108 Å². The predicted molar refractivity (Wildman–Crippen MR) is 68.6 cm³/mol.